The molecule has 0 saturated carbocycles. The molecule has 24 heavy (non-hydrogen) atoms. The van der Waals surface area contributed by atoms with Crippen LogP contribution in [0, 0.1) is 12.8 Å². The van der Waals surface area contributed by atoms with Crippen LogP contribution >= 0.6 is 0 Å². The molecule has 128 valence electrons. The van der Waals surface area contributed by atoms with Crippen molar-refractivity contribution in [3.63, 3.8) is 0 Å². The Bertz CT molecular complexity index is 613. The van der Waals surface area contributed by atoms with E-state index in [9.17, 15) is 5.11 Å². The van der Waals surface area contributed by atoms with E-state index >= 15 is 0 Å². The summed E-state index contributed by atoms with van der Waals surface area (Å²) >= 11 is 0. The standard InChI is InChI=1S/C21H27NO2/c1-17-2-4-18(5-3-17)16-19-10-12-22(13-11-19)14-15-24-21-8-6-20(23)7-9-21/h2-9,19,23H,10-16H2,1H3. The highest BCUT2D eigenvalue weighted by Gasteiger charge is 2.19. The first kappa shape index (κ1) is 16.8. The quantitative estimate of drug-likeness (QED) is 0.870. The number of rotatable bonds is 6. The van der Waals surface area contributed by atoms with E-state index < -0.39 is 0 Å². The molecule has 0 spiro atoms. The van der Waals surface area contributed by atoms with Crippen molar-refractivity contribution in [1.82, 2.24) is 4.90 Å². The van der Waals surface area contributed by atoms with Gasteiger partial charge in [0, 0.05) is 6.54 Å². The van der Waals surface area contributed by atoms with Gasteiger partial charge in [-0.2, -0.15) is 0 Å². The molecule has 3 heteroatoms. The third kappa shape index (κ3) is 5.00. The Hall–Kier alpha value is -2.00. The maximum Gasteiger partial charge on any atom is 0.119 e. The summed E-state index contributed by atoms with van der Waals surface area (Å²) in [4.78, 5) is 2.49. The number of ether oxygens (including phenoxy) is 1. The van der Waals surface area contributed by atoms with Gasteiger partial charge in [0.15, 0.2) is 0 Å². The summed E-state index contributed by atoms with van der Waals surface area (Å²) in [6.07, 6.45) is 3.75. The molecule has 1 heterocycles. The molecule has 2 aromatic rings. The minimum Gasteiger partial charge on any atom is -0.508 e. The summed E-state index contributed by atoms with van der Waals surface area (Å²) in [5.74, 6) is 1.90. The summed E-state index contributed by atoms with van der Waals surface area (Å²) < 4.78 is 5.74. The monoisotopic (exact) mass is 325 g/mol. The second kappa shape index (κ2) is 8.20. The lowest BCUT2D eigenvalue weighted by Gasteiger charge is -2.31. The van der Waals surface area contributed by atoms with E-state index in [1.165, 1.54) is 30.4 Å². The minimum atomic E-state index is 0.276. The number of hydrogen-bond donors (Lipinski definition) is 1. The van der Waals surface area contributed by atoms with Crippen molar-refractivity contribution in [3.8, 4) is 11.5 Å². The van der Waals surface area contributed by atoms with E-state index in [1.807, 2.05) is 12.1 Å². The van der Waals surface area contributed by atoms with Gasteiger partial charge in [-0.3, -0.25) is 4.90 Å². The summed E-state index contributed by atoms with van der Waals surface area (Å²) in [5, 5.41) is 9.27. The van der Waals surface area contributed by atoms with Crippen LogP contribution in [0.3, 0.4) is 0 Å². The first-order valence-electron chi connectivity index (χ1n) is 8.89. The van der Waals surface area contributed by atoms with Crippen LogP contribution < -0.4 is 4.74 Å². The summed E-state index contributed by atoms with van der Waals surface area (Å²) in [7, 11) is 0. The number of piperidine rings is 1. The van der Waals surface area contributed by atoms with Crippen molar-refractivity contribution < 1.29 is 9.84 Å². The maximum absolute atomic E-state index is 9.27. The number of hydrogen-bond acceptors (Lipinski definition) is 3. The molecule has 1 N–H and O–H groups in total. The number of aryl methyl sites for hydroxylation is 1. The lowest BCUT2D eigenvalue weighted by atomic mass is 9.90. The minimum absolute atomic E-state index is 0.276. The zero-order valence-electron chi connectivity index (χ0n) is 14.4. The van der Waals surface area contributed by atoms with E-state index in [4.69, 9.17) is 4.74 Å². The molecule has 1 aliphatic heterocycles. The summed E-state index contributed by atoms with van der Waals surface area (Å²) in [6.45, 7) is 6.14. The van der Waals surface area contributed by atoms with Crippen molar-refractivity contribution in [3.05, 3.63) is 59.7 Å². The molecule has 0 aliphatic carbocycles. The fourth-order valence-corrected chi connectivity index (χ4v) is 3.31. The van der Waals surface area contributed by atoms with E-state index in [2.05, 4.69) is 36.1 Å². The Morgan fingerprint density at radius 2 is 1.67 bits per heavy atom. The van der Waals surface area contributed by atoms with Gasteiger partial charge >= 0.3 is 0 Å². The molecule has 3 rings (SSSR count). The van der Waals surface area contributed by atoms with Gasteiger partial charge in [-0.05, 0) is 75.0 Å². The van der Waals surface area contributed by atoms with Crippen LogP contribution in [0.1, 0.15) is 24.0 Å². The molecule has 0 radical (unpaired) electrons. The SMILES string of the molecule is Cc1ccc(CC2CCN(CCOc3ccc(O)cc3)CC2)cc1. The smallest absolute Gasteiger partial charge is 0.119 e. The predicted octanol–water partition coefficient (Wildman–Crippen LogP) is 4.03. The molecular weight excluding hydrogens is 298 g/mol. The van der Waals surface area contributed by atoms with Crippen LogP contribution in [0.25, 0.3) is 0 Å². The number of aromatic hydroxyl groups is 1. The Kier molecular flexibility index (Phi) is 5.76. The second-order valence-electron chi connectivity index (χ2n) is 6.82. The van der Waals surface area contributed by atoms with Gasteiger partial charge in [-0.15, -0.1) is 0 Å². The van der Waals surface area contributed by atoms with Crippen molar-refractivity contribution in [2.75, 3.05) is 26.2 Å². The van der Waals surface area contributed by atoms with E-state index in [1.54, 1.807) is 12.1 Å². The number of benzene rings is 2. The highest BCUT2D eigenvalue weighted by Crippen LogP contribution is 2.22. The fourth-order valence-electron chi connectivity index (χ4n) is 3.31. The van der Waals surface area contributed by atoms with Crippen molar-refractivity contribution in [2.45, 2.75) is 26.2 Å². The van der Waals surface area contributed by atoms with Gasteiger partial charge in [-0.1, -0.05) is 29.8 Å². The van der Waals surface area contributed by atoms with Gasteiger partial charge in [-0.25, -0.2) is 0 Å². The topological polar surface area (TPSA) is 32.7 Å². The number of phenolic OH excluding ortho intramolecular Hbond substituents is 1. The van der Waals surface area contributed by atoms with Crippen LogP contribution in [0.4, 0.5) is 0 Å². The van der Waals surface area contributed by atoms with Gasteiger partial charge in [0.25, 0.3) is 0 Å². The highest BCUT2D eigenvalue weighted by molar-refractivity contribution is 5.30. The van der Waals surface area contributed by atoms with Crippen LogP contribution in [0.2, 0.25) is 0 Å². The van der Waals surface area contributed by atoms with Crippen LogP contribution in [0.5, 0.6) is 11.5 Å². The maximum atomic E-state index is 9.27. The summed E-state index contributed by atoms with van der Waals surface area (Å²) in [5.41, 5.74) is 2.80. The molecule has 2 aromatic carbocycles. The molecule has 0 unspecified atom stereocenters. The molecule has 0 atom stereocenters. The Morgan fingerprint density at radius 1 is 1.00 bits per heavy atom. The molecule has 0 bridgehead atoms. The number of nitrogens with zero attached hydrogens (tertiary/aromatic N) is 1. The third-order valence-corrected chi connectivity index (χ3v) is 4.87. The van der Waals surface area contributed by atoms with Crippen molar-refractivity contribution in [2.24, 2.45) is 5.92 Å². The van der Waals surface area contributed by atoms with Gasteiger partial charge in [0.2, 0.25) is 0 Å². The highest BCUT2D eigenvalue weighted by atomic mass is 16.5. The van der Waals surface area contributed by atoms with Crippen molar-refractivity contribution in [1.29, 1.82) is 0 Å². The van der Waals surface area contributed by atoms with Crippen LogP contribution in [-0.4, -0.2) is 36.2 Å². The first-order chi connectivity index (χ1) is 11.7. The Labute approximate surface area is 144 Å². The van der Waals surface area contributed by atoms with Crippen LogP contribution in [0.15, 0.2) is 48.5 Å². The molecule has 0 amide bonds. The van der Waals surface area contributed by atoms with Gasteiger partial charge in [0.1, 0.15) is 18.1 Å². The second-order valence-corrected chi connectivity index (χ2v) is 6.82. The average molecular weight is 325 g/mol. The fraction of sp³-hybridized carbons (Fsp3) is 0.429. The lowest BCUT2D eigenvalue weighted by molar-refractivity contribution is 0.155. The largest absolute Gasteiger partial charge is 0.508 e. The third-order valence-electron chi connectivity index (χ3n) is 4.87. The van der Waals surface area contributed by atoms with E-state index in [-0.39, 0.29) is 5.75 Å². The zero-order valence-corrected chi connectivity index (χ0v) is 14.4. The molecule has 0 aromatic heterocycles. The van der Waals surface area contributed by atoms with Crippen LogP contribution in [-0.2, 0) is 6.42 Å². The average Bonchev–Trinajstić information content (AvgIpc) is 2.60. The Balaban J connectivity index is 1.36. The molecule has 1 fully saturated rings. The van der Waals surface area contributed by atoms with Gasteiger partial charge in [0.05, 0.1) is 0 Å². The lowest BCUT2D eigenvalue weighted by Crippen LogP contribution is -2.37. The normalized spacial score (nSPS) is 16.2. The van der Waals surface area contributed by atoms with E-state index in [0.717, 1.165) is 31.3 Å². The zero-order chi connectivity index (χ0) is 16.8. The first-order valence-corrected chi connectivity index (χ1v) is 8.89. The number of likely N-dealkylation sites (tertiary alicyclic amines) is 1. The molecular formula is C21H27NO2. The Morgan fingerprint density at radius 3 is 2.33 bits per heavy atom. The van der Waals surface area contributed by atoms with Gasteiger partial charge < -0.3 is 9.84 Å². The molecule has 1 aliphatic rings. The molecule has 1 saturated heterocycles. The summed E-state index contributed by atoms with van der Waals surface area (Å²) in [6, 6.07) is 15.9. The molecule has 3 nitrogen and oxygen atoms in total. The van der Waals surface area contributed by atoms with Crippen molar-refractivity contribution >= 4 is 0 Å². The predicted molar refractivity (Wildman–Crippen MR) is 97.6 cm³/mol. The van der Waals surface area contributed by atoms with E-state index in [0.29, 0.717) is 6.61 Å². The number of phenols is 1.